The van der Waals surface area contributed by atoms with Gasteiger partial charge in [0, 0.05) is 16.7 Å². The maximum Gasteiger partial charge on any atom is 0.311 e. The molecule has 21 heavy (non-hydrogen) atoms. The van der Waals surface area contributed by atoms with Crippen molar-refractivity contribution in [3.63, 3.8) is 0 Å². The monoisotopic (exact) mass is 303 g/mol. The van der Waals surface area contributed by atoms with E-state index in [1.807, 2.05) is 0 Å². The fourth-order valence-corrected chi connectivity index (χ4v) is 1.80. The molecule has 0 bridgehead atoms. The van der Waals surface area contributed by atoms with Gasteiger partial charge in [0.05, 0.1) is 4.92 Å². The van der Waals surface area contributed by atoms with Gasteiger partial charge >= 0.3 is 5.69 Å². The van der Waals surface area contributed by atoms with Gasteiger partial charge in [-0.3, -0.25) is 14.9 Å². The van der Waals surface area contributed by atoms with Gasteiger partial charge in [-0.1, -0.05) is 23.7 Å². The number of phenolic OH excluding ortho intramolecular Hbond substituents is 1. The van der Waals surface area contributed by atoms with Crippen LogP contribution in [0.1, 0.15) is 15.9 Å². The van der Waals surface area contributed by atoms with Crippen molar-refractivity contribution in [1.29, 1.82) is 0 Å². The zero-order valence-electron chi connectivity index (χ0n) is 10.7. The molecule has 0 unspecified atom stereocenters. The molecule has 0 atom stereocenters. The second-order valence-corrected chi connectivity index (χ2v) is 4.65. The fraction of sp³-hybridized carbons (Fsp3) is 0. The molecule has 0 aliphatic rings. The highest BCUT2D eigenvalue weighted by Gasteiger charge is 2.12. The highest BCUT2D eigenvalue weighted by atomic mass is 35.5. The number of hydrogen-bond donors (Lipinski definition) is 1. The molecule has 0 aromatic heterocycles. The topological polar surface area (TPSA) is 80.4 Å². The Morgan fingerprint density at radius 3 is 2.48 bits per heavy atom. The molecule has 1 N–H and O–H groups in total. The molecule has 6 heteroatoms. The highest BCUT2D eigenvalue weighted by molar-refractivity contribution is 6.30. The molecule has 5 nitrogen and oxygen atoms in total. The Morgan fingerprint density at radius 1 is 1.19 bits per heavy atom. The summed E-state index contributed by atoms with van der Waals surface area (Å²) in [7, 11) is 0. The average molecular weight is 304 g/mol. The molecular weight excluding hydrogens is 294 g/mol. The number of hydrogen-bond acceptors (Lipinski definition) is 4. The Bertz CT molecular complexity index is 723. The van der Waals surface area contributed by atoms with Crippen LogP contribution in [0.15, 0.2) is 48.5 Å². The number of phenols is 1. The lowest BCUT2D eigenvalue weighted by atomic mass is 10.1. The summed E-state index contributed by atoms with van der Waals surface area (Å²) in [5.41, 5.74) is 0.502. The Kier molecular flexibility index (Phi) is 4.35. The van der Waals surface area contributed by atoms with Crippen LogP contribution < -0.4 is 0 Å². The van der Waals surface area contributed by atoms with E-state index in [1.165, 1.54) is 30.4 Å². The highest BCUT2D eigenvalue weighted by Crippen LogP contribution is 2.26. The van der Waals surface area contributed by atoms with E-state index >= 15 is 0 Å². The Morgan fingerprint density at radius 2 is 1.86 bits per heavy atom. The molecule has 2 rings (SSSR count). The number of nitrogens with zero attached hydrogens (tertiary/aromatic N) is 1. The first kappa shape index (κ1) is 14.7. The number of halogens is 1. The number of carbonyl (C=O) groups is 1. The van der Waals surface area contributed by atoms with Crippen LogP contribution in [0.4, 0.5) is 5.69 Å². The predicted molar refractivity (Wildman–Crippen MR) is 79.6 cm³/mol. The number of carbonyl (C=O) groups excluding carboxylic acids is 1. The first-order chi connectivity index (χ1) is 9.97. The van der Waals surface area contributed by atoms with Crippen molar-refractivity contribution in [2.75, 3.05) is 0 Å². The summed E-state index contributed by atoms with van der Waals surface area (Å²) in [4.78, 5) is 21.9. The minimum absolute atomic E-state index is 0.248. The van der Waals surface area contributed by atoms with Gasteiger partial charge in [0.2, 0.25) is 0 Å². The molecule has 0 aliphatic carbocycles. The van der Waals surface area contributed by atoms with Gasteiger partial charge in [0.25, 0.3) is 0 Å². The second-order valence-electron chi connectivity index (χ2n) is 4.21. The van der Waals surface area contributed by atoms with Crippen molar-refractivity contribution in [3.8, 4) is 5.75 Å². The molecule has 0 amide bonds. The first-order valence-corrected chi connectivity index (χ1v) is 6.30. The molecule has 0 radical (unpaired) electrons. The number of allylic oxidation sites excluding steroid dienone is 1. The number of nitro groups is 1. The fourth-order valence-electron chi connectivity index (χ4n) is 1.67. The van der Waals surface area contributed by atoms with Crippen LogP contribution in [0.5, 0.6) is 5.75 Å². The summed E-state index contributed by atoms with van der Waals surface area (Å²) in [6.07, 6.45) is 2.75. The van der Waals surface area contributed by atoms with Crippen molar-refractivity contribution in [3.05, 3.63) is 74.8 Å². The summed E-state index contributed by atoms with van der Waals surface area (Å²) in [6, 6.07) is 10.3. The van der Waals surface area contributed by atoms with Gasteiger partial charge in [-0.05, 0) is 42.0 Å². The van der Waals surface area contributed by atoms with Gasteiger partial charge < -0.3 is 5.11 Å². The molecule has 0 saturated carbocycles. The van der Waals surface area contributed by atoms with Crippen molar-refractivity contribution in [1.82, 2.24) is 0 Å². The lowest BCUT2D eigenvalue weighted by Gasteiger charge is -1.98. The van der Waals surface area contributed by atoms with Crippen molar-refractivity contribution >= 4 is 29.1 Å². The molecule has 0 saturated heterocycles. The van der Waals surface area contributed by atoms with Crippen molar-refractivity contribution in [2.45, 2.75) is 0 Å². The first-order valence-electron chi connectivity index (χ1n) is 5.93. The van der Waals surface area contributed by atoms with E-state index in [2.05, 4.69) is 0 Å². The molecule has 2 aromatic carbocycles. The maximum absolute atomic E-state index is 11.9. The van der Waals surface area contributed by atoms with Gasteiger partial charge in [0.1, 0.15) is 0 Å². The van der Waals surface area contributed by atoms with E-state index in [-0.39, 0.29) is 5.78 Å². The zero-order chi connectivity index (χ0) is 15.4. The number of ketones is 1. The molecule has 106 valence electrons. The summed E-state index contributed by atoms with van der Waals surface area (Å²) in [5.74, 6) is -0.663. The second kappa shape index (κ2) is 6.19. The summed E-state index contributed by atoms with van der Waals surface area (Å²) in [5, 5.41) is 20.6. The third-order valence-corrected chi connectivity index (χ3v) is 3.00. The Balaban J connectivity index is 2.21. The lowest BCUT2D eigenvalue weighted by Crippen LogP contribution is -1.93. The van der Waals surface area contributed by atoms with E-state index in [9.17, 15) is 20.0 Å². The predicted octanol–water partition coefficient (Wildman–Crippen LogP) is 3.85. The van der Waals surface area contributed by atoms with E-state index in [1.54, 1.807) is 24.3 Å². The smallest absolute Gasteiger partial charge is 0.311 e. The van der Waals surface area contributed by atoms with Crippen LogP contribution in [-0.2, 0) is 0 Å². The van der Waals surface area contributed by atoms with Gasteiger partial charge in [-0.2, -0.15) is 0 Å². The standard InChI is InChI=1S/C15H10ClNO4/c16-12-5-3-11(4-6-12)14(18)7-1-10-2-8-15(19)13(9-10)17(20)21/h1-9,19H/b7-1+. The molecule has 0 fully saturated rings. The minimum atomic E-state index is -0.687. The number of rotatable bonds is 4. The van der Waals surface area contributed by atoms with Crippen LogP contribution in [0.3, 0.4) is 0 Å². The van der Waals surface area contributed by atoms with Crippen LogP contribution in [0.2, 0.25) is 5.02 Å². The summed E-state index contributed by atoms with van der Waals surface area (Å²) >= 11 is 5.73. The van der Waals surface area contributed by atoms with Crippen molar-refractivity contribution < 1.29 is 14.8 Å². The van der Waals surface area contributed by atoms with E-state index < -0.39 is 16.4 Å². The van der Waals surface area contributed by atoms with Crippen LogP contribution in [0.25, 0.3) is 6.08 Å². The van der Waals surface area contributed by atoms with E-state index in [0.29, 0.717) is 16.1 Å². The third-order valence-electron chi connectivity index (χ3n) is 2.75. The Labute approximate surface area is 125 Å². The number of aromatic hydroxyl groups is 1. The van der Waals surface area contributed by atoms with Crippen molar-refractivity contribution in [2.24, 2.45) is 0 Å². The molecule has 2 aromatic rings. The number of benzene rings is 2. The molecular formula is C15H10ClNO4. The molecule has 0 aliphatic heterocycles. The zero-order valence-corrected chi connectivity index (χ0v) is 11.4. The summed E-state index contributed by atoms with van der Waals surface area (Å²) in [6.45, 7) is 0. The molecule has 0 spiro atoms. The Hall–Kier alpha value is -2.66. The third kappa shape index (κ3) is 3.67. The van der Waals surface area contributed by atoms with E-state index in [0.717, 1.165) is 0 Å². The number of nitro benzene ring substituents is 1. The normalized spacial score (nSPS) is 10.7. The quantitative estimate of drug-likeness (QED) is 0.402. The lowest BCUT2D eigenvalue weighted by molar-refractivity contribution is -0.385. The SMILES string of the molecule is O=C(/C=C/c1ccc(O)c([N+](=O)[O-])c1)c1ccc(Cl)cc1. The van der Waals surface area contributed by atoms with Gasteiger partial charge in [-0.25, -0.2) is 0 Å². The van der Waals surface area contributed by atoms with Crippen LogP contribution >= 0.6 is 11.6 Å². The van der Waals surface area contributed by atoms with Crippen LogP contribution in [-0.4, -0.2) is 15.8 Å². The summed E-state index contributed by atoms with van der Waals surface area (Å²) < 4.78 is 0. The molecule has 0 heterocycles. The van der Waals surface area contributed by atoms with Gasteiger partial charge in [0.15, 0.2) is 11.5 Å². The van der Waals surface area contributed by atoms with Gasteiger partial charge in [-0.15, -0.1) is 0 Å². The van der Waals surface area contributed by atoms with Crippen LogP contribution in [0, 0.1) is 10.1 Å². The largest absolute Gasteiger partial charge is 0.502 e. The maximum atomic E-state index is 11.9. The average Bonchev–Trinajstić information content (AvgIpc) is 2.46. The minimum Gasteiger partial charge on any atom is -0.502 e. The van der Waals surface area contributed by atoms with E-state index in [4.69, 9.17) is 11.6 Å².